The van der Waals surface area contributed by atoms with E-state index in [9.17, 15) is 9.18 Å². The van der Waals surface area contributed by atoms with E-state index in [1.165, 1.54) is 0 Å². The van der Waals surface area contributed by atoms with Crippen LogP contribution in [0, 0.1) is 17.8 Å². The normalized spacial score (nSPS) is 14.3. The molecule has 0 N–H and O–H groups in total. The molecule has 0 saturated carbocycles. The number of alkyl halides is 1. The summed E-state index contributed by atoms with van der Waals surface area (Å²) >= 11 is 0. The largest absolute Gasteiger partial charge is 0.463 e. The highest BCUT2D eigenvalue weighted by molar-refractivity contribution is 5.82. The van der Waals surface area contributed by atoms with Gasteiger partial charge in [-0.05, 0) is 13.8 Å². The van der Waals surface area contributed by atoms with Crippen LogP contribution in [0.1, 0.15) is 27.7 Å². The zero-order valence-electron chi connectivity index (χ0n) is 8.48. The fraction of sp³-hybridized carbons (Fsp3) is 0.700. The smallest absolute Gasteiger partial charge is 0.356 e. The molecule has 0 amide bonds. The number of carbonyl (C=O) groups is 1. The lowest BCUT2D eigenvalue weighted by atomic mass is 10.1. The number of rotatable bonds is 2. The van der Waals surface area contributed by atoms with Crippen LogP contribution < -0.4 is 0 Å². The first-order valence-electron chi connectivity index (χ1n) is 4.29. The molecule has 0 aliphatic rings. The summed E-state index contributed by atoms with van der Waals surface area (Å²) in [5.41, 5.74) is -2.18. The lowest BCUT2D eigenvalue weighted by Crippen LogP contribution is -2.30. The number of halogens is 1. The minimum Gasteiger partial charge on any atom is -0.463 e. The first kappa shape index (κ1) is 12.0. The summed E-state index contributed by atoms with van der Waals surface area (Å²) in [6, 6.07) is 0. The summed E-state index contributed by atoms with van der Waals surface area (Å²) in [6.07, 6.45) is 0. The fourth-order valence-corrected chi connectivity index (χ4v) is 0.598. The molecule has 3 heteroatoms. The third-order valence-electron chi connectivity index (χ3n) is 1.25. The van der Waals surface area contributed by atoms with Gasteiger partial charge >= 0.3 is 5.97 Å². The maximum absolute atomic E-state index is 13.4. The SMILES string of the molecule is CCOC(=O)C(C)(F)C#CC(C)C. The highest BCUT2D eigenvalue weighted by Crippen LogP contribution is 2.11. The van der Waals surface area contributed by atoms with Crippen LogP contribution in [0.5, 0.6) is 0 Å². The number of hydrogen-bond acceptors (Lipinski definition) is 2. The van der Waals surface area contributed by atoms with Gasteiger partial charge in [0.05, 0.1) is 6.61 Å². The number of esters is 1. The molecular formula is C10H15FO2. The maximum atomic E-state index is 13.4. The molecule has 0 aromatic rings. The molecule has 0 bridgehead atoms. The predicted molar refractivity (Wildman–Crippen MR) is 48.8 cm³/mol. The molecule has 0 radical (unpaired) electrons. The molecule has 0 saturated heterocycles. The quantitative estimate of drug-likeness (QED) is 0.486. The van der Waals surface area contributed by atoms with Crippen LogP contribution in [0.3, 0.4) is 0 Å². The molecule has 13 heavy (non-hydrogen) atoms. The van der Waals surface area contributed by atoms with Gasteiger partial charge in [-0.25, -0.2) is 9.18 Å². The van der Waals surface area contributed by atoms with Gasteiger partial charge in [0.2, 0.25) is 0 Å². The highest BCUT2D eigenvalue weighted by Gasteiger charge is 2.32. The average Bonchev–Trinajstić information content (AvgIpc) is 2.01. The van der Waals surface area contributed by atoms with E-state index in [0.717, 1.165) is 6.92 Å². The van der Waals surface area contributed by atoms with Crippen LogP contribution in [0.4, 0.5) is 4.39 Å². The van der Waals surface area contributed by atoms with Gasteiger partial charge in [0, 0.05) is 5.92 Å². The van der Waals surface area contributed by atoms with Gasteiger partial charge in [-0.3, -0.25) is 0 Å². The molecule has 2 nitrogen and oxygen atoms in total. The van der Waals surface area contributed by atoms with Crippen molar-refractivity contribution in [1.82, 2.24) is 0 Å². The van der Waals surface area contributed by atoms with E-state index in [4.69, 9.17) is 0 Å². The second kappa shape index (κ2) is 4.86. The van der Waals surface area contributed by atoms with E-state index in [1.54, 1.807) is 6.92 Å². The van der Waals surface area contributed by atoms with Gasteiger partial charge < -0.3 is 4.74 Å². The van der Waals surface area contributed by atoms with E-state index in [2.05, 4.69) is 16.6 Å². The third kappa shape index (κ3) is 4.51. The molecule has 1 unspecified atom stereocenters. The maximum Gasteiger partial charge on any atom is 0.356 e. The Morgan fingerprint density at radius 1 is 1.62 bits per heavy atom. The summed E-state index contributed by atoms with van der Waals surface area (Å²) in [5.74, 6) is 3.98. The zero-order chi connectivity index (χ0) is 10.5. The number of ether oxygens (including phenoxy) is 1. The summed E-state index contributed by atoms with van der Waals surface area (Å²) < 4.78 is 17.9. The molecule has 74 valence electrons. The molecule has 0 rings (SSSR count). The Labute approximate surface area is 78.5 Å². The second-order valence-corrected chi connectivity index (χ2v) is 3.15. The highest BCUT2D eigenvalue weighted by atomic mass is 19.1. The molecule has 0 aromatic carbocycles. The van der Waals surface area contributed by atoms with Gasteiger partial charge in [0.1, 0.15) is 0 Å². The van der Waals surface area contributed by atoms with Crippen molar-refractivity contribution in [2.75, 3.05) is 6.61 Å². The van der Waals surface area contributed by atoms with E-state index < -0.39 is 11.6 Å². The molecule has 0 aromatic heterocycles. The standard InChI is InChI=1S/C10H15FO2/c1-5-13-9(12)10(4,11)7-6-8(2)3/h8H,5H2,1-4H3. The van der Waals surface area contributed by atoms with E-state index in [-0.39, 0.29) is 12.5 Å². The van der Waals surface area contributed by atoms with Crippen LogP contribution >= 0.6 is 0 Å². The minimum atomic E-state index is -2.18. The van der Waals surface area contributed by atoms with E-state index in [1.807, 2.05) is 13.8 Å². The minimum absolute atomic E-state index is 0.0458. The van der Waals surface area contributed by atoms with Crippen molar-refractivity contribution in [3.05, 3.63) is 0 Å². The molecule has 0 aliphatic heterocycles. The van der Waals surface area contributed by atoms with Crippen molar-refractivity contribution >= 4 is 5.97 Å². The van der Waals surface area contributed by atoms with Crippen molar-refractivity contribution < 1.29 is 13.9 Å². The van der Waals surface area contributed by atoms with Gasteiger partial charge in [-0.1, -0.05) is 25.7 Å². The fourth-order valence-electron chi connectivity index (χ4n) is 0.598. The Morgan fingerprint density at radius 2 is 2.15 bits per heavy atom. The summed E-state index contributed by atoms with van der Waals surface area (Å²) in [6.45, 7) is 6.56. The Morgan fingerprint density at radius 3 is 2.54 bits per heavy atom. The summed E-state index contributed by atoms with van der Waals surface area (Å²) in [7, 11) is 0. The first-order chi connectivity index (χ1) is 5.90. The molecule has 1 atom stereocenters. The Bertz CT molecular complexity index is 233. The average molecular weight is 186 g/mol. The van der Waals surface area contributed by atoms with Crippen LogP contribution in [0.2, 0.25) is 0 Å². The Balaban J connectivity index is 4.41. The number of carbonyl (C=O) groups excluding carboxylic acids is 1. The van der Waals surface area contributed by atoms with Crippen molar-refractivity contribution in [2.45, 2.75) is 33.4 Å². The molecule has 0 fully saturated rings. The monoisotopic (exact) mass is 186 g/mol. The topological polar surface area (TPSA) is 26.3 Å². The predicted octanol–water partition coefficient (Wildman–Crippen LogP) is 1.94. The summed E-state index contributed by atoms with van der Waals surface area (Å²) in [4.78, 5) is 11.0. The van der Waals surface area contributed by atoms with Crippen LogP contribution in [-0.2, 0) is 9.53 Å². The second-order valence-electron chi connectivity index (χ2n) is 3.15. The third-order valence-corrected chi connectivity index (χ3v) is 1.25. The van der Waals surface area contributed by atoms with Crippen molar-refractivity contribution in [1.29, 1.82) is 0 Å². The van der Waals surface area contributed by atoms with Crippen LogP contribution in [-0.4, -0.2) is 18.2 Å². The van der Waals surface area contributed by atoms with Gasteiger partial charge in [-0.2, -0.15) is 0 Å². The van der Waals surface area contributed by atoms with Crippen LogP contribution in [0.15, 0.2) is 0 Å². The lowest BCUT2D eigenvalue weighted by Gasteiger charge is -2.11. The molecule has 0 aliphatic carbocycles. The van der Waals surface area contributed by atoms with Crippen LogP contribution in [0.25, 0.3) is 0 Å². The molecule has 0 spiro atoms. The Kier molecular flexibility index (Phi) is 4.47. The first-order valence-corrected chi connectivity index (χ1v) is 4.29. The number of hydrogen-bond donors (Lipinski definition) is 0. The van der Waals surface area contributed by atoms with Gasteiger partial charge in [0.15, 0.2) is 0 Å². The summed E-state index contributed by atoms with van der Waals surface area (Å²) in [5, 5.41) is 0. The van der Waals surface area contributed by atoms with Crippen molar-refractivity contribution in [3.63, 3.8) is 0 Å². The van der Waals surface area contributed by atoms with Crippen molar-refractivity contribution in [3.8, 4) is 11.8 Å². The molecule has 0 heterocycles. The van der Waals surface area contributed by atoms with Gasteiger partial charge in [0.25, 0.3) is 5.67 Å². The van der Waals surface area contributed by atoms with Crippen molar-refractivity contribution in [2.24, 2.45) is 5.92 Å². The van der Waals surface area contributed by atoms with Gasteiger partial charge in [-0.15, -0.1) is 0 Å². The lowest BCUT2D eigenvalue weighted by molar-refractivity contribution is -0.152. The Hall–Kier alpha value is -1.04. The van der Waals surface area contributed by atoms with E-state index in [0.29, 0.717) is 0 Å². The zero-order valence-corrected chi connectivity index (χ0v) is 8.48. The molecular weight excluding hydrogens is 171 g/mol. The van der Waals surface area contributed by atoms with E-state index >= 15 is 0 Å².